The number of nitrogens with one attached hydrogen (secondary N) is 1. The standard InChI is InChI=1S/C29H40N4O4/c1-20(34)33-24(21-12-6-3-7-13-21)17-16-23(30-33)25-26(35)31(22-14-8-4-9-15-22)28(37)32(27(25)36)29(2)18-10-5-11-19-29/h6,12-13,22,24,30H,3-5,7-11,14-19H2,1-2H3/b25-23+. The Hall–Kier alpha value is -2.90. The lowest BCUT2D eigenvalue weighted by Crippen LogP contribution is -2.66. The Balaban J connectivity index is 1.54. The van der Waals surface area contributed by atoms with Crippen molar-refractivity contribution in [3.63, 3.8) is 0 Å². The number of hydrazine groups is 1. The molecular formula is C29H40N4O4. The third-order valence-electron chi connectivity index (χ3n) is 8.94. The van der Waals surface area contributed by atoms with Gasteiger partial charge in [-0.05, 0) is 63.9 Å². The van der Waals surface area contributed by atoms with Gasteiger partial charge >= 0.3 is 6.03 Å². The first-order valence-corrected chi connectivity index (χ1v) is 14.2. The molecule has 200 valence electrons. The molecule has 0 bridgehead atoms. The Labute approximate surface area is 219 Å². The molecule has 1 N–H and O–H groups in total. The van der Waals surface area contributed by atoms with Gasteiger partial charge in [0.25, 0.3) is 11.8 Å². The van der Waals surface area contributed by atoms with Crippen molar-refractivity contribution in [2.45, 2.75) is 121 Å². The van der Waals surface area contributed by atoms with Crippen LogP contribution in [-0.2, 0) is 14.4 Å². The molecule has 5 aliphatic rings. The molecule has 5 amide bonds. The first-order valence-electron chi connectivity index (χ1n) is 14.2. The van der Waals surface area contributed by atoms with Crippen LogP contribution in [0.25, 0.3) is 0 Å². The topological polar surface area (TPSA) is 90.0 Å². The largest absolute Gasteiger partial charge is 0.334 e. The molecule has 8 nitrogen and oxygen atoms in total. The van der Waals surface area contributed by atoms with E-state index in [2.05, 4.69) is 23.7 Å². The van der Waals surface area contributed by atoms with Gasteiger partial charge in [0.15, 0.2) is 0 Å². The van der Waals surface area contributed by atoms with Crippen molar-refractivity contribution < 1.29 is 19.2 Å². The van der Waals surface area contributed by atoms with Crippen molar-refractivity contribution in [2.75, 3.05) is 0 Å². The van der Waals surface area contributed by atoms with E-state index in [1.165, 1.54) is 16.7 Å². The summed E-state index contributed by atoms with van der Waals surface area (Å²) >= 11 is 0. The van der Waals surface area contributed by atoms with Crippen LogP contribution in [-0.4, -0.2) is 56.2 Å². The highest BCUT2D eigenvalue weighted by atomic mass is 16.2. The SMILES string of the molecule is CC(=O)N1N/C(=C2\C(=O)N(C3CCCCC3)C(=O)N(C3(C)CCCCC3)C2=O)CCC1C1=CCCC=C1. The fourth-order valence-electron chi connectivity index (χ4n) is 6.90. The summed E-state index contributed by atoms with van der Waals surface area (Å²) in [6.45, 7) is 3.49. The summed E-state index contributed by atoms with van der Waals surface area (Å²) in [7, 11) is 0. The molecule has 0 spiro atoms. The van der Waals surface area contributed by atoms with E-state index in [0.717, 1.165) is 82.6 Å². The van der Waals surface area contributed by atoms with Gasteiger partial charge in [-0.2, -0.15) is 0 Å². The molecule has 0 radical (unpaired) electrons. The Morgan fingerprint density at radius 1 is 0.946 bits per heavy atom. The van der Waals surface area contributed by atoms with Crippen LogP contribution >= 0.6 is 0 Å². The fourth-order valence-corrected chi connectivity index (χ4v) is 6.90. The summed E-state index contributed by atoms with van der Waals surface area (Å²) in [6, 6.07) is -0.801. The lowest BCUT2D eigenvalue weighted by atomic mass is 9.80. The number of imide groups is 2. The van der Waals surface area contributed by atoms with Crippen molar-refractivity contribution in [2.24, 2.45) is 0 Å². The Kier molecular flexibility index (Phi) is 7.28. The van der Waals surface area contributed by atoms with Crippen molar-refractivity contribution in [1.29, 1.82) is 0 Å². The zero-order valence-corrected chi connectivity index (χ0v) is 22.3. The van der Waals surface area contributed by atoms with E-state index < -0.39 is 23.4 Å². The van der Waals surface area contributed by atoms with Crippen LogP contribution in [0.2, 0.25) is 0 Å². The van der Waals surface area contributed by atoms with E-state index in [1.807, 2.05) is 6.92 Å². The Morgan fingerprint density at radius 3 is 2.30 bits per heavy atom. The molecule has 2 saturated heterocycles. The summed E-state index contributed by atoms with van der Waals surface area (Å²) in [6.07, 6.45) is 18.4. The van der Waals surface area contributed by atoms with Gasteiger partial charge in [-0.3, -0.25) is 29.6 Å². The summed E-state index contributed by atoms with van der Waals surface area (Å²) in [5.74, 6) is -1.18. The van der Waals surface area contributed by atoms with Crippen LogP contribution < -0.4 is 5.43 Å². The van der Waals surface area contributed by atoms with Crippen molar-refractivity contribution >= 4 is 23.8 Å². The van der Waals surface area contributed by atoms with E-state index in [9.17, 15) is 19.2 Å². The number of nitrogens with zero attached hydrogens (tertiary/aromatic N) is 3. The van der Waals surface area contributed by atoms with Gasteiger partial charge in [0, 0.05) is 18.5 Å². The maximum atomic E-state index is 14.1. The molecule has 5 rings (SSSR count). The van der Waals surface area contributed by atoms with Gasteiger partial charge in [0.05, 0.1) is 11.7 Å². The van der Waals surface area contributed by atoms with E-state index in [0.29, 0.717) is 18.5 Å². The number of barbiturate groups is 1. The average molecular weight is 509 g/mol. The molecule has 1 unspecified atom stereocenters. The average Bonchev–Trinajstić information content (AvgIpc) is 2.90. The monoisotopic (exact) mass is 508 g/mol. The normalized spacial score (nSPS) is 29.4. The molecule has 1 atom stereocenters. The maximum absolute atomic E-state index is 14.1. The second kappa shape index (κ2) is 10.5. The number of allylic oxidation sites excluding steroid dienone is 3. The summed E-state index contributed by atoms with van der Waals surface area (Å²) in [5, 5.41) is 1.56. The molecule has 0 aromatic rings. The minimum absolute atomic E-state index is 0.0369. The van der Waals surface area contributed by atoms with E-state index in [1.54, 1.807) is 5.01 Å². The van der Waals surface area contributed by atoms with Gasteiger partial charge < -0.3 is 0 Å². The number of hydrogen-bond acceptors (Lipinski definition) is 5. The predicted molar refractivity (Wildman–Crippen MR) is 140 cm³/mol. The third kappa shape index (κ3) is 4.75. The van der Waals surface area contributed by atoms with Crippen LogP contribution in [0, 0.1) is 0 Å². The van der Waals surface area contributed by atoms with Gasteiger partial charge in [0.2, 0.25) is 5.91 Å². The Bertz CT molecular complexity index is 1060. The quantitative estimate of drug-likeness (QED) is 0.434. The van der Waals surface area contributed by atoms with Crippen molar-refractivity contribution in [3.05, 3.63) is 35.1 Å². The van der Waals surface area contributed by atoms with Gasteiger partial charge in [0.1, 0.15) is 5.57 Å². The number of amides is 5. The second-order valence-electron chi connectivity index (χ2n) is 11.5. The number of urea groups is 1. The summed E-state index contributed by atoms with van der Waals surface area (Å²) in [4.78, 5) is 57.4. The second-order valence-corrected chi connectivity index (χ2v) is 11.5. The molecule has 8 heteroatoms. The number of carbonyl (C=O) groups excluding carboxylic acids is 4. The third-order valence-corrected chi connectivity index (χ3v) is 8.94. The summed E-state index contributed by atoms with van der Waals surface area (Å²) < 4.78 is 0. The van der Waals surface area contributed by atoms with E-state index in [-0.39, 0.29) is 23.6 Å². The van der Waals surface area contributed by atoms with Crippen LogP contribution in [0.15, 0.2) is 35.1 Å². The minimum Gasteiger partial charge on any atom is -0.299 e. The van der Waals surface area contributed by atoms with E-state index in [4.69, 9.17) is 0 Å². The van der Waals surface area contributed by atoms with E-state index >= 15 is 0 Å². The van der Waals surface area contributed by atoms with Crippen LogP contribution in [0.3, 0.4) is 0 Å². The smallest absolute Gasteiger partial charge is 0.299 e. The van der Waals surface area contributed by atoms with Crippen molar-refractivity contribution in [3.8, 4) is 0 Å². The lowest BCUT2D eigenvalue weighted by molar-refractivity contribution is -0.143. The first kappa shape index (κ1) is 25.7. The van der Waals surface area contributed by atoms with Gasteiger partial charge in [-0.15, -0.1) is 0 Å². The predicted octanol–water partition coefficient (Wildman–Crippen LogP) is 4.88. The van der Waals surface area contributed by atoms with Gasteiger partial charge in [-0.1, -0.05) is 56.8 Å². The molecule has 0 aromatic heterocycles. The van der Waals surface area contributed by atoms with Crippen LogP contribution in [0.1, 0.15) is 104 Å². The minimum atomic E-state index is -0.610. The summed E-state index contributed by atoms with van der Waals surface area (Å²) in [5.41, 5.74) is 4.15. The fraction of sp³-hybridized carbons (Fsp3) is 0.655. The number of hydrogen-bond donors (Lipinski definition) is 1. The molecule has 2 heterocycles. The molecule has 0 aromatic carbocycles. The highest BCUT2D eigenvalue weighted by Gasteiger charge is 2.53. The molecule has 4 fully saturated rings. The molecular weight excluding hydrogens is 468 g/mol. The zero-order valence-electron chi connectivity index (χ0n) is 22.3. The molecule has 3 aliphatic carbocycles. The first-order chi connectivity index (χ1) is 17.8. The van der Waals surface area contributed by atoms with Gasteiger partial charge in [-0.25, -0.2) is 9.80 Å². The highest BCUT2D eigenvalue weighted by molar-refractivity contribution is 6.29. The zero-order chi connectivity index (χ0) is 26.2. The number of rotatable bonds is 3. The molecule has 37 heavy (non-hydrogen) atoms. The maximum Gasteiger partial charge on any atom is 0.334 e. The van der Waals surface area contributed by atoms with Crippen LogP contribution in [0.4, 0.5) is 4.79 Å². The lowest BCUT2D eigenvalue weighted by Gasteiger charge is -2.49. The molecule has 2 aliphatic heterocycles. The Morgan fingerprint density at radius 2 is 1.65 bits per heavy atom. The van der Waals surface area contributed by atoms with Crippen molar-refractivity contribution in [1.82, 2.24) is 20.2 Å². The van der Waals surface area contributed by atoms with Crippen LogP contribution in [0.5, 0.6) is 0 Å². The number of carbonyl (C=O) groups is 4. The highest BCUT2D eigenvalue weighted by Crippen LogP contribution is 2.40. The molecule has 2 saturated carbocycles.